The van der Waals surface area contributed by atoms with Gasteiger partial charge in [0.05, 0.1) is 28.4 Å². The number of hydrogen-bond donors (Lipinski definition) is 2. The number of carbonyl (C=O) groups is 4. The van der Waals surface area contributed by atoms with Gasteiger partial charge in [-0.15, -0.1) is 0 Å². The van der Waals surface area contributed by atoms with E-state index in [1.165, 1.54) is 0 Å². The lowest BCUT2D eigenvalue weighted by atomic mass is 10.0. The molecule has 0 radical (unpaired) electrons. The largest absolute Gasteiger partial charge is 0.385 e. The second-order valence-electron chi connectivity index (χ2n) is 10.3. The SMILES string of the molecule is O=C1CCC(N2C(=O)c3ccc(NCCCCCCn4ccc(-c5cnc6ccccc6n5)n4)cc3C2=O)C(=O)N1. The van der Waals surface area contributed by atoms with Gasteiger partial charge in [-0.1, -0.05) is 25.0 Å². The number of rotatable bonds is 10. The van der Waals surface area contributed by atoms with Crippen LogP contribution < -0.4 is 10.6 Å². The van der Waals surface area contributed by atoms with E-state index in [1.807, 2.05) is 41.2 Å². The number of fused-ring (bicyclic) bond motifs is 2. The second kappa shape index (κ2) is 11.3. The van der Waals surface area contributed by atoms with Crippen molar-refractivity contribution < 1.29 is 19.2 Å². The summed E-state index contributed by atoms with van der Waals surface area (Å²) in [6.45, 7) is 1.55. The van der Waals surface area contributed by atoms with E-state index in [2.05, 4.69) is 25.7 Å². The first-order valence-corrected chi connectivity index (χ1v) is 13.8. The van der Waals surface area contributed by atoms with Crippen LogP contribution in [-0.4, -0.2) is 60.9 Å². The molecule has 2 aliphatic heterocycles. The van der Waals surface area contributed by atoms with E-state index in [0.29, 0.717) is 0 Å². The lowest BCUT2D eigenvalue weighted by Crippen LogP contribution is -2.54. The molecule has 2 aromatic carbocycles. The van der Waals surface area contributed by atoms with Gasteiger partial charge < -0.3 is 5.32 Å². The first-order valence-electron chi connectivity index (χ1n) is 13.8. The average molecular weight is 552 g/mol. The van der Waals surface area contributed by atoms with Crippen LogP contribution in [0.5, 0.6) is 0 Å². The summed E-state index contributed by atoms with van der Waals surface area (Å²) in [4.78, 5) is 59.6. The molecular weight excluding hydrogens is 522 g/mol. The van der Waals surface area contributed by atoms with E-state index in [4.69, 9.17) is 0 Å². The van der Waals surface area contributed by atoms with Crippen LogP contribution in [0.4, 0.5) is 5.69 Å². The van der Waals surface area contributed by atoms with Crippen molar-refractivity contribution in [1.29, 1.82) is 0 Å². The fourth-order valence-electron chi connectivity index (χ4n) is 5.27. The maximum atomic E-state index is 13.0. The Morgan fingerprint density at radius 1 is 0.878 bits per heavy atom. The molecule has 1 fully saturated rings. The van der Waals surface area contributed by atoms with E-state index in [9.17, 15) is 19.2 Å². The van der Waals surface area contributed by atoms with Crippen LogP contribution in [0, 0.1) is 0 Å². The minimum atomic E-state index is -0.961. The third-order valence-corrected chi connectivity index (χ3v) is 7.43. The molecule has 11 heteroatoms. The van der Waals surface area contributed by atoms with E-state index in [0.717, 1.165) is 71.8 Å². The molecule has 2 N–H and O–H groups in total. The number of aryl methyl sites for hydroxylation is 1. The number of para-hydroxylation sites is 2. The Morgan fingerprint density at radius 3 is 2.54 bits per heavy atom. The van der Waals surface area contributed by atoms with Gasteiger partial charge in [-0.2, -0.15) is 5.10 Å². The predicted molar refractivity (Wildman–Crippen MR) is 151 cm³/mol. The van der Waals surface area contributed by atoms with Crippen molar-refractivity contribution >= 4 is 40.3 Å². The highest BCUT2D eigenvalue weighted by atomic mass is 16.2. The van der Waals surface area contributed by atoms with Crippen LogP contribution in [0.1, 0.15) is 59.2 Å². The molecule has 41 heavy (non-hydrogen) atoms. The summed E-state index contributed by atoms with van der Waals surface area (Å²) in [5.41, 5.74) is 4.58. The Labute approximate surface area is 236 Å². The Kier molecular flexibility index (Phi) is 7.24. The summed E-state index contributed by atoms with van der Waals surface area (Å²) in [5.74, 6) is -2.00. The molecule has 4 aromatic rings. The summed E-state index contributed by atoms with van der Waals surface area (Å²) >= 11 is 0. The predicted octanol–water partition coefficient (Wildman–Crippen LogP) is 3.57. The molecule has 2 aromatic heterocycles. The molecule has 0 spiro atoms. The Balaban J connectivity index is 0.944. The number of anilines is 1. The fourth-order valence-corrected chi connectivity index (χ4v) is 5.27. The monoisotopic (exact) mass is 551 g/mol. The molecule has 11 nitrogen and oxygen atoms in total. The highest BCUT2D eigenvalue weighted by Gasteiger charge is 2.44. The number of amides is 4. The Morgan fingerprint density at radius 2 is 1.68 bits per heavy atom. The smallest absolute Gasteiger partial charge is 0.262 e. The zero-order valence-corrected chi connectivity index (χ0v) is 22.4. The number of hydrogen-bond acceptors (Lipinski definition) is 8. The third-order valence-electron chi connectivity index (χ3n) is 7.43. The number of aromatic nitrogens is 4. The minimum absolute atomic E-state index is 0.0973. The van der Waals surface area contributed by atoms with Crippen LogP contribution in [0.2, 0.25) is 0 Å². The zero-order chi connectivity index (χ0) is 28.3. The molecule has 4 amide bonds. The van der Waals surface area contributed by atoms with Crippen molar-refractivity contribution in [2.24, 2.45) is 0 Å². The van der Waals surface area contributed by atoms with E-state index in [1.54, 1.807) is 24.4 Å². The lowest BCUT2D eigenvalue weighted by Gasteiger charge is -2.27. The van der Waals surface area contributed by atoms with Gasteiger partial charge in [-0.3, -0.25) is 39.1 Å². The van der Waals surface area contributed by atoms with Crippen molar-refractivity contribution in [3.63, 3.8) is 0 Å². The van der Waals surface area contributed by atoms with Crippen molar-refractivity contribution in [3.8, 4) is 11.4 Å². The van der Waals surface area contributed by atoms with Crippen molar-refractivity contribution in [1.82, 2.24) is 30.0 Å². The number of piperidine rings is 1. The minimum Gasteiger partial charge on any atom is -0.385 e. The molecule has 1 unspecified atom stereocenters. The molecule has 208 valence electrons. The highest BCUT2D eigenvalue weighted by molar-refractivity contribution is 6.23. The number of imide groups is 2. The zero-order valence-electron chi connectivity index (χ0n) is 22.4. The van der Waals surface area contributed by atoms with Gasteiger partial charge in [0.15, 0.2) is 0 Å². The van der Waals surface area contributed by atoms with E-state index < -0.39 is 29.7 Å². The molecule has 2 aliphatic rings. The first kappa shape index (κ1) is 26.3. The van der Waals surface area contributed by atoms with Gasteiger partial charge in [0, 0.05) is 31.4 Å². The summed E-state index contributed by atoms with van der Waals surface area (Å²) < 4.78 is 1.94. The molecule has 4 heterocycles. The maximum Gasteiger partial charge on any atom is 0.262 e. The standard InChI is InChI=1S/C30H29N7O4/c38-27-12-11-26(28(39)34-27)37-29(40)20-10-9-19(17-21(20)30(37)41)31-14-5-1-2-6-15-36-16-13-24(35-36)25-18-32-22-7-3-4-8-23(22)33-25/h3-4,7-10,13,16-18,26,31H,1-2,5-6,11-12,14-15H2,(H,34,38,39). The van der Waals surface area contributed by atoms with Crippen molar-refractivity contribution in [3.05, 3.63) is 72.1 Å². The first-order chi connectivity index (χ1) is 20.0. The van der Waals surface area contributed by atoms with Crippen LogP contribution >= 0.6 is 0 Å². The van der Waals surface area contributed by atoms with Crippen molar-refractivity contribution in [2.75, 3.05) is 11.9 Å². The Bertz CT molecular complexity index is 1660. The quantitative estimate of drug-likeness (QED) is 0.225. The van der Waals surface area contributed by atoms with Gasteiger partial charge >= 0.3 is 0 Å². The van der Waals surface area contributed by atoms with Gasteiger partial charge in [-0.05, 0) is 55.7 Å². The summed E-state index contributed by atoms with van der Waals surface area (Å²) in [7, 11) is 0. The van der Waals surface area contributed by atoms with Crippen LogP contribution in [0.15, 0.2) is 60.9 Å². The second-order valence-corrected chi connectivity index (χ2v) is 10.3. The summed E-state index contributed by atoms with van der Waals surface area (Å²) in [6, 6.07) is 13.8. The highest BCUT2D eigenvalue weighted by Crippen LogP contribution is 2.29. The van der Waals surface area contributed by atoms with Crippen LogP contribution in [-0.2, 0) is 16.1 Å². The van der Waals surface area contributed by atoms with Crippen LogP contribution in [0.3, 0.4) is 0 Å². The number of unbranched alkanes of at least 4 members (excludes halogenated alkanes) is 3. The molecule has 1 saturated heterocycles. The summed E-state index contributed by atoms with van der Waals surface area (Å²) in [6.07, 6.45) is 7.98. The normalized spacial score (nSPS) is 16.8. The molecule has 6 rings (SSSR count). The fraction of sp³-hybridized carbons (Fsp3) is 0.300. The number of nitrogens with one attached hydrogen (secondary N) is 2. The Hall–Kier alpha value is -4.93. The molecule has 0 bridgehead atoms. The summed E-state index contributed by atoms with van der Waals surface area (Å²) in [5, 5.41) is 10.2. The molecule has 0 aliphatic carbocycles. The van der Waals surface area contributed by atoms with Gasteiger partial charge in [0.1, 0.15) is 17.4 Å². The van der Waals surface area contributed by atoms with Crippen LogP contribution in [0.25, 0.3) is 22.4 Å². The van der Waals surface area contributed by atoms with E-state index in [-0.39, 0.29) is 24.0 Å². The lowest BCUT2D eigenvalue weighted by molar-refractivity contribution is -0.136. The number of benzene rings is 2. The average Bonchev–Trinajstić information content (AvgIpc) is 3.55. The molecule has 0 saturated carbocycles. The molecular formula is C30H29N7O4. The number of nitrogens with zero attached hydrogens (tertiary/aromatic N) is 5. The van der Waals surface area contributed by atoms with E-state index >= 15 is 0 Å². The molecule has 1 atom stereocenters. The third kappa shape index (κ3) is 5.43. The van der Waals surface area contributed by atoms with Gasteiger partial charge in [0.25, 0.3) is 11.8 Å². The number of carbonyl (C=O) groups excluding carboxylic acids is 4. The van der Waals surface area contributed by atoms with Gasteiger partial charge in [-0.25, -0.2) is 4.98 Å². The maximum absolute atomic E-state index is 13.0. The topological polar surface area (TPSA) is 139 Å². The van der Waals surface area contributed by atoms with Gasteiger partial charge in [0.2, 0.25) is 11.8 Å². The van der Waals surface area contributed by atoms with Crippen molar-refractivity contribution in [2.45, 2.75) is 51.1 Å².